The number of carbonyl (C=O) groups is 1. The molecule has 1 N–H and O–H groups in total. The number of hydrogen-bond acceptors (Lipinski definition) is 3. The quantitative estimate of drug-likeness (QED) is 0.682. The molecule has 0 aromatic heterocycles. The molecule has 27 heavy (non-hydrogen) atoms. The van der Waals surface area contributed by atoms with Crippen molar-refractivity contribution in [2.75, 3.05) is 38.6 Å². The number of halogens is 2. The number of benzene rings is 2. The highest BCUT2D eigenvalue weighted by Crippen LogP contribution is 2.27. The molecule has 0 atom stereocenters. The molecule has 5 nitrogen and oxygen atoms in total. The van der Waals surface area contributed by atoms with Crippen molar-refractivity contribution in [2.45, 2.75) is 0 Å². The standard InChI is InChI=1S/C19H19BrClN3O2S/c1-26-15-6-7-16(21)17(12-15)22-19(27)24-10-8-23(9-11-24)18(25)13-2-4-14(20)5-3-13/h2-7,12H,8-11H2,1H3,(H,22,27). The van der Waals surface area contributed by atoms with Crippen molar-refractivity contribution in [3.63, 3.8) is 0 Å². The van der Waals surface area contributed by atoms with Crippen LogP contribution in [0.4, 0.5) is 5.69 Å². The van der Waals surface area contributed by atoms with Crippen molar-refractivity contribution in [3.05, 3.63) is 57.5 Å². The number of amides is 1. The first kappa shape index (κ1) is 19.9. The molecule has 3 rings (SSSR count). The summed E-state index contributed by atoms with van der Waals surface area (Å²) in [5, 5.41) is 4.33. The molecule has 1 saturated heterocycles. The van der Waals surface area contributed by atoms with E-state index in [0.717, 1.165) is 4.47 Å². The number of methoxy groups -OCH3 is 1. The van der Waals surface area contributed by atoms with E-state index >= 15 is 0 Å². The van der Waals surface area contributed by atoms with Gasteiger partial charge in [0.25, 0.3) is 5.91 Å². The van der Waals surface area contributed by atoms with Crippen LogP contribution in [0.3, 0.4) is 0 Å². The van der Waals surface area contributed by atoms with Crippen LogP contribution < -0.4 is 10.1 Å². The second kappa shape index (κ2) is 8.91. The number of piperazine rings is 1. The van der Waals surface area contributed by atoms with Crippen molar-refractivity contribution in [1.29, 1.82) is 0 Å². The van der Waals surface area contributed by atoms with Crippen LogP contribution in [0, 0.1) is 0 Å². The van der Waals surface area contributed by atoms with Crippen molar-refractivity contribution in [2.24, 2.45) is 0 Å². The number of nitrogens with zero attached hydrogens (tertiary/aromatic N) is 2. The van der Waals surface area contributed by atoms with Gasteiger partial charge in [0.05, 0.1) is 17.8 Å². The lowest BCUT2D eigenvalue weighted by atomic mass is 10.2. The van der Waals surface area contributed by atoms with E-state index in [-0.39, 0.29) is 5.91 Å². The van der Waals surface area contributed by atoms with Gasteiger partial charge in [0.1, 0.15) is 5.75 Å². The molecule has 2 aromatic rings. The van der Waals surface area contributed by atoms with Gasteiger partial charge < -0.3 is 19.9 Å². The Morgan fingerprint density at radius 1 is 1.11 bits per heavy atom. The molecule has 0 unspecified atom stereocenters. The Kier molecular flexibility index (Phi) is 6.57. The van der Waals surface area contributed by atoms with E-state index in [9.17, 15) is 4.79 Å². The molecular formula is C19H19BrClN3O2S. The number of hydrogen-bond donors (Lipinski definition) is 1. The van der Waals surface area contributed by atoms with Gasteiger partial charge in [0.15, 0.2) is 5.11 Å². The summed E-state index contributed by atoms with van der Waals surface area (Å²) >= 11 is 15.1. The fourth-order valence-corrected chi connectivity index (χ4v) is 3.53. The summed E-state index contributed by atoms with van der Waals surface area (Å²) < 4.78 is 6.18. The molecule has 0 spiro atoms. The molecule has 1 aliphatic heterocycles. The lowest BCUT2D eigenvalue weighted by molar-refractivity contribution is 0.0693. The first-order chi connectivity index (χ1) is 13.0. The number of nitrogens with one attached hydrogen (secondary N) is 1. The third-order valence-electron chi connectivity index (χ3n) is 4.36. The highest BCUT2D eigenvalue weighted by atomic mass is 79.9. The van der Waals surface area contributed by atoms with Gasteiger partial charge in [0.2, 0.25) is 0 Å². The molecule has 0 aliphatic carbocycles. The topological polar surface area (TPSA) is 44.8 Å². The van der Waals surface area contributed by atoms with Gasteiger partial charge >= 0.3 is 0 Å². The molecule has 2 aromatic carbocycles. The largest absolute Gasteiger partial charge is 0.497 e. The number of ether oxygens (including phenoxy) is 1. The Balaban J connectivity index is 1.58. The summed E-state index contributed by atoms with van der Waals surface area (Å²) in [6.07, 6.45) is 0. The molecule has 0 radical (unpaired) electrons. The minimum Gasteiger partial charge on any atom is -0.497 e. The lowest BCUT2D eigenvalue weighted by Crippen LogP contribution is -2.51. The highest BCUT2D eigenvalue weighted by Gasteiger charge is 2.23. The maximum atomic E-state index is 12.6. The Labute approximate surface area is 177 Å². The first-order valence-corrected chi connectivity index (χ1v) is 10.00. The van der Waals surface area contributed by atoms with Crippen molar-refractivity contribution in [1.82, 2.24) is 9.80 Å². The van der Waals surface area contributed by atoms with Crippen LogP contribution in [0.2, 0.25) is 5.02 Å². The van der Waals surface area contributed by atoms with E-state index in [1.807, 2.05) is 40.1 Å². The van der Waals surface area contributed by atoms with E-state index in [1.54, 1.807) is 19.2 Å². The smallest absolute Gasteiger partial charge is 0.253 e. The number of anilines is 1. The second-order valence-electron chi connectivity index (χ2n) is 6.06. The van der Waals surface area contributed by atoms with E-state index in [2.05, 4.69) is 21.2 Å². The maximum absolute atomic E-state index is 12.6. The fourth-order valence-electron chi connectivity index (χ4n) is 2.81. The normalized spacial score (nSPS) is 14.0. The molecule has 1 aliphatic rings. The van der Waals surface area contributed by atoms with Gasteiger partial charge in [-0.1, -0.05) is 27.5 Å². The zero-order valence-corrected chi connectivity index (χ0v) is 17.9. The molecule has 1 amide bonds. The van der Waals surface area contributed by atoms with Gasteiger partial charge in [0, 0.05) is 42.3 Å². The number of rotatable bonds is 3. The highest BCUT2D eigenvalue weighted by molar-refractivity contribution is 9.10. The molecule has 0 bridgehead atoms. The summed E-state index contributed by atoms with van der Waals surface area (Å²) in [6.45, 7) is 2.55. The summed E-state index contributed by atoms with van der Waals surface area (Å²) in [5.74, 6) is 0.742. The van der Waals surface area contributed by atoms with Crippen LogP contribution >= 0.6 is 39.7 Å². The molecule has 0 saturated carbocycles. The Morgan fingerprint density at radius 2 is 1.74 bits per heavy atom. The fraction of sp³-hybridized carbons (Fsp3) is 0.263. The predicted octanol–water partition coefficient (Wildman–Crippen LogP) is 4.27. The van der Waals surface area contributed by atoms with Crippen molar-refractivity contribution in [3.8, 4) is 5.75 Å². The summed E-state index contributed by atoms with van der Waals surface area (Å²) in [4.78, 5) is 16.5. The van der Waals surface area contributed by atoms with Crippen molar-refractivity contribution >= 4 is 56.5 Å². The third-order valence-corrected chi connectivity index (χ3v) is 5.58. The van der Waals surface area contributed by atoms with Gasteiger partial charge in [-0.25, -0.2) is 0 Å². The van der Waals surface area contributed by atoms with Crippen LogP contribution in [0.1, 0.15) is 10.4 Å². The van der Waals surface area contributed by atoms with Crippen LogP contribution in [-0.4, -0.2) is 54.1 Å². The molecular weight excluding hydrogens is 450 g/mol. The van der Waals surface area contributed by atoms with Crippen LogP contribution in [-0.2, 0) is 0 Å². The van der Waals surface area contributed by atoms with Crippen LogP contribution in [0.25, 0.3) is 0 Å². The van der Waals surface area contributed by atoms with Gasteiger partial charge in [-0.2, -0.15) is 0 Å². The number of carbonyl (C=O) groups excluding carboxylic acids is 1. The van der Waals surface area contributed by atoms with E-state index in [1.165, 1.54) is 0 Å². The molecule has 142 valence electrons. The maximum Gasteiger partial charge on any atom is 0.253 e. The van der Waals surface area contributed by atoms with Crippen LogP contribution in [0.5, 0.6) is 5.75 Å². The second-order valence-corrected chi connectivity index (χ2v) is 7.77. The third kappa shape index (κ3) is 4.91. The van der Waals surface area contributed by atoms with E-state index in [0.29, 0.717) is 53.3 Å². The summed E-state index contributed by atoms with van der Waals surface area (Å²) in [5.41, 5.74) is 1.39. The van der Waals surface area contributed by atoms with E-state index < -0.39 is 0 Å². The number of thiocarbonyl (C=S) groups is 1. The molecule has 1 heterocycles. The minimum absolute atomic E-state index is 0.0388. The Hall–Kier alpha value is -1.83. The van der Waals surface area contributed by atoms with Gasteiger partial charge in [-0.05, 0) is 48.6 Å². The predicted molar refractivity (Wildman–Crippen MR) is 116 cm³/mol. The van der Waals surface area contributed by atoms with Crippen LogP contribution in [0.15, 0.2) is 46.9 Å². The Morgan fingerprint density at radius 3 is 2.37 bits per heavy atom. The molecule has 1 fully saturated rings. The van der Waals surface area contributed by atoms with Gasteiger partial charge in [-0.3, -0.25) is 4.79 Å². The average molecular weight is 469 g/mol. The summed E-state index contributed by atoms with van der Waals surface area (Å²) in [6, 6.07) is 12.8. The van der Waals surface area contributed by atoms with Gasteiger partial charge in [-0.15, -0.1) is 0 Å². The monoisotopic (exact) mass is 467 g/mol. The molecule has 8 heteroatoms. The average Bonchev–Trinajstić information content (AvgIpc) is 2.69. The SMILES string of the molecule is COc1ccc(Cl)c(NC(=S)N2CCN(C(=O)c3ccc(Br)cc3)CC2)c1. The van der Waals surface area contributed by atoms with Crippen molar-refractivity contribution < 1.29 is 9.53 Å². The first-order valence-electron chi connectivity index (χ1n) is 8.42. The van der Waals surface area contributed by atoms with E-state index in [4.69, 9.17) is 28.6 Å². The Bertz CT molecular complexity index is 839. The lowest BCUT2D eigenvalue weighted by Gasteiger charge is -2.36. The zero-order chi connectivity index (χ0) is 19.4. The summed E-state index contributed by atoms with van der Waals surface area (Å²) in [7, 11) is 1.60. The minimum atomic E-state index is 0.0388. The zero-order valence-electron chi connectivity index (χ0n) is 14.7.